The monoisotopic (exact) mass is 765 g/mol. The van der Waals surface area contributed by atoms with Crippen molar-refractivity contribution < 1.29 is 0 Å². The van der Waals surface area contributed by atoms with E-state index in [-0.39, 0.29) is 0 Å². The number of rotatable bonds is 6. The fourth-order valence-electron chi connectivity index (χ4n) is 8.44. The van der Waals surface area contributed by atoms with Gasteiger partial charge in [-0.3, -0.25) is 0 Å². The smallest absolute Gasteiger partial charge is 0.164 e. The summed E-state index contributed by atoms with van der Waals surface area (Å²) in [6.45, 7) is 0. The molecule has 0 aliphatic heterocycles. The van der Waals surface area contributed by atoms with E-state index in [0.29, 0.717) is 39.7 Å². The van der Waals surface area contributed by atoms with E-state index in [1.807, 2.05) is 36.4 Å². The third-order valence-corrected chi connectivity index (χ3v) is 11.2. The second-order valence-corrected chi connectivity index (χ2v) is 14.7. The number of para-hydroxylation sites is 3. The van der Waals surface area contributed by atoms with Crippen molar-refractivity contribution >= 4 is 43.6 Å². The third-order valence-electron chi connectivity index (χ3n) is 11.2. The molecular formula is C53H31N7. The van der Waals surface area contributed by atoms with Crippen molar-refractivity contribution in [2.75, 3.05) is 0 Å². The van der Waals surface area contributed by atoms with E-state index in [9.17, 15) is 10.5 Å². The van der Waals surface area contributed by atoms with Crippen LogP contribution in [0, 0.1) is 22.7 Å². The zero-order chi connectivity index (χ0) is 40.2. The van der Waals surface area contributed by atoms with Crippen LogP contribution in [-0.2, 0) is 0 Å². The van der Waals surface area contributed by atoms with Crippen LogP contribution >= 0.6 is 0 Å². The molecule has 0 fully saturated rings. The summed E-state index contributed by atoms with van der Waals surface area (Å²) in [7, 11) is 0. The molecule has 0 atom stereocenters. The molecule has 0 saturated carbocycles. The highest BCUT2D eigenvalue weighted by molar-refractivity contribution is 6.12. The van der Waals surface area contributed by atoms with Crippen LogP contribution in [0.5, 0.6) is 0 Å². The molecule has 0 radical (unpaired) electrons. The van der Waals surface area contributed by atoms with Gasteiger partial charge in [-0.05, 0) is 90.0 Å². The zero-order valence-corrected chi connectivity index (χ0v) is 32.0. The van der Waals surface area contributed by atoms with E-state index in [0.717, 1.165) is 49.9 Å². The van der Waals surface area contributed by atoms with E-state index in [1.54, 1.807) is 24.3 Å². The summed E-state index contributed by atoms with van der Waals surface area (Å²) in [4.78, 5) is 14.8. The molecule has 7 heteroatoms. The van der Waals surface area contributed by atoms with Gasteiger partial charge in [0.2, 0.25) is 0 Å². The standard InChI is InChI=1S/C53H31N7/c54-32-34-11-8-13-38(27-34)51-56-52(39-14-9-12-35(28-39)33-55)58-53(57-51)40-15-10-18-42(29-40)60-47-21-6-4-19-43(47)45-25-23-37(31-50(45)60)36-24-26-49-46(30-36)44-20-5-7-22-48(44)59(49)41-16-2-1-3-17-41/h1-31H. The molecule has 0 aliphatic rings. The maximum atomic E-state index is 9.67. The molecule has 278 valence electrons. The normalized spacial score (nSPS) is 11.3. The van der Waals surface area contributed by atoms with Crippen molar-refractivity contribution in [2.45, 2.75) is 0 Å². The van der Waals surface area contributed by atoms with Crippen LogP contribution in [0.2, 0.25) is 0 Å². The van der Waals surface area contributed by atoms with Crippen LogP contribution in [0.15, 0.2) is 188 Å². The molecular weight excluding hydrogens is 735 g/mol. The molecule has 8 aromatic carbocycles. The molecule has 3 aromatic heterocycles. The van der Waals surface area contributed by atoms with Gasteiger partial charge in [0.1, 0.15) is 0 Å². The molecule has 0 amide bonds. The predicted octanol–water partition coefficient (Wildman–Crippen LogP) is 12.5. The maximum absolute atomic E-state index is 9.67. The number of aromatic nitrogens is 5. The average Bonchev–Trinajstić information content (AvgIpc) is 3.84. The van der Waals surface area contributed by atoms with Crippen LogP contribution < -0.4 is 0 Å². The second kappa shape index (κ2) is 14.1. The van der Waals surface area contributed by atoms with E-state index in [4.69, 9.17) is 15.0 Å². The van der Waals surface area contributed by atoms with Gasteiger partial charge in [-0.15, -0.1) is 0 Å². The number of hydrogen-bond donors (Lipinski definition) is 0. The van der Waals surface area contributed by atoms with Gasteiger partial charge in [-0.2, -0.15) is 10.5 Å². The summed E-state index contributed by atoms with van der Waals surface area (Å²) in [5.41, 5.74) is 12.1. The SMILES string of the molecule is N#Cc1cccc(-c2nc(-c3cccc(C#N)c3)nc(-c3cccc(-n4c5ccccc5c5ccc(-c6ccc7c(c6)c6ccccc6n7-c6ccccc6)cc54)c3)n2)c1. The number of fused-ring (bicyclic) bond motifs is 6. The van der Waals surface area contributed by atoms with Gasteiger partial charge < -0.3 is 9.13 Å². The van der Waals surface area contributed by atoms with E-state index in [1.165, 1.54) is 21.8 Å². The molecule has 3 heterocycles. The highest BCUT2D eigenvalue weighted by Crippen LogP contribution is 2.39. The molecule has 0 bridgehead atoms. The Morgan fingerprint density at radius 3 is 1.42 bits per heavy atom. The molecule has 7 nitrogen and oxygen atoms in total. The number of nitriles is 2. The Balaban J connectivity index is 1.07. The van der Waals surface area contributed by atoms with Crippen molar-refractivity contribution in [2.24, 2.45) is 0 Å². The summed E-state index contributed by atoms with van der Waals surface area (Å²) in [5, 5.41) is 24.1. The Morgan fingerprint density at radius 1 is 0.317 bits per heavy atom. The Hall–Kier alpha value is -8.65. The van der Waals surface area contributed by atoms with Crippen LogP contribution in [0.25, 0.3) is 100 Å². The quantitative estimate of drug-likeness (QED) is 0.168. The highest BCUT2D eigenvalue weighted by Gasteiger charge is 2.18. The average molecular weight is 766 g/mol. The summed E-state index contributed by atoms with van der Waals surface area (Å²) < 4.78 is 4.65. The lowest BCUT2D eigenvalue weighted by Gasteiger charge is -2.12. The number of nitrogens with zero attached hydrogens (tertiary/aromatic N) is 7. The van der Waals surface area contributed by atoms with Crippen LogP contribution in [-0.4, -0.2) is 24.1 Å². The fraction of sp³-hybridized carbons (Fsp3) is 0. The first-order valence-corrected chi connectivity index (χ1v) is 19.6. The van der Waals surface area contributed by atoms with Gasteiger partial charge >= 0.3 is 0 Å². The largest absolute Gasteiger partial charge is 0.309 e. The van der Waals surface area contributed by atoms with Crippen molar-refractivity contribution in [3.05, 3.63) is 199 Å². The predicted molar refractivity (Wildman–Crippen MR) is 240 cm³/mol. The van der Waals surface area contributed by atoms with E-state index < -0.39 is 0 Å². The minimum atomic E-state index is 0.435. The molecule has 0 saturated heterocycles. The van der Waals surface area contributed by atoms with Gasteiger partial charge in [0.25, 0.3) is 0 Å². The summed E-state index contributed by atoms with van der Waals surface area (Å²) in [5.74, 6) is 1.35. The Kier molecular flexibility index (Phi) is 8.11. The van der Waals surface area contributed by atoms with E-state index >= 15 is 0 Å². The first-order valence-electron chi connectivity index (χ1n) is 19.6. The van der Waals surface area contributed by atoms with Crippen molar-refractivity contribution in [3.63, 3.8) is 0 Å². The number of hydrogen-bond acceptors (Lipinski definition) is 5. The molecule has 60 heavy (non-hydrogen) atoms. The molecule has 0 unspecified atom stereocenters. The van der Waals surface area contributed by atoms with Gasteiger partial charge in [0.15, 0.2) is 17.5 Å². The first-order chi connectivity index (χ1) is 29.6. The first kappa shape index (κ1) is 34.6. The second-order valence-electron chi connectivity index (χ2n) is 14.7. The molecule has 0 spiro atoms. The van der Waals surface area contributed by atoms with Crippen LogP contribution in [0.1, 0.15) is 11.1 Å². The van der Waals surface area contributed by atoms with Gasteiger partial charge in [-0.25, -0.2) is 15.0 Å². The molecule has 11 aromatic rings. The lowest BCUT2D eigenvalue weighted by atomic mass is 10.0. The minimum Gasteiger partial charge on any atom is -0.309 e. The van der Waals surface area contributed by atoms with E-state index in [2.05, 4.69) is 149 Å². The maximum Gasteiger partial charge on any atom is 0.164 e. The lowest BCUT2D eigenvalue weighted by Crippen LogP contribution is -2.01. The fourth-order valence-corrected chi connectivity index (χ4v) is 8.44. The molecule has 11 rings (SSSR count). The Morgan fingerprint density at radius 2 is 0.783 bits per heavy atom. The van der Waals surface area contributed by atoms with Crippen molar-refractivity contribution in [1.29, 1.82) is 10.5 Å². The van der Waals surface area contributed by atoms with Crippen LogP contribution in [0.3, 0.4) is 0 Å². The Labute approximate surface area is 345 Å². The van der Waals surface area contributed by atoms with Crippen molar-refractivity contribution in [3.8, 4) is 68.8 Å². The third kappa shape index (κ3) is 5.77. The number of benzene rings is 8. The molecule has 0 N–H and O–H groups in total. The van der Waals surface area contributed by atoms with Gasteiger partial charge in [0, 0.05) is 49.6 Å². The van der Waals surface area contributed by atoms with Crippen LogP contribution in [0.4, 0.5) is 0 Å². The highest BCUT2D eigenvalue weighted by atomic mass is 15.0. The van der Waals surface area contributed by atoms with Crippen molar-refractivity contribution in [1.82, 2.24) is 24.1 Å². The summed E-state index contributed by atoms with van der Waals surface area (Å²) >= 11 is 0. The topological polar surface area (TPSA) is 96.1 Å². The summed E-state index contributed by atoms with van der Waals surface area (Å²) in [6.07, 6.45) is 0. The lowest BCUT2D eigenvalue weighted by molar-refractivity contribution is 1.07. The minimum absolute atomic E-state index is 0.435. The van der Waals surface area contributed by atoms with Gasteiger partial charge in [-0.1, -0.05) is 109 Å². The molecule has 0 aliphatic carbocycles. The van der Waals surface area contributed by atoms with Gasteiger partial charge in [0.05, 0.1) is 45.3 Å². The zero-order valence-electron chi connectivity index (χ0n) is 32.0. The Bertz CT molecular complexity index is 3510. The summed E-state index contributed by atoms with van der Waals surface area (Å²) in [6, 6.07) is 68.4.